The standard InChI is InChI=1S/C21H22F2N4O2/c1-3-5-14(28)27-12-7-4-6-11(8-12)15-16-13(9-24)10(2)26-20(16)17(21(25)29)19(23)18(15)22/h11-12,21,26,29H,4,6-8,25H2,1-2H3,(H,27,28)/t11-,12?,21?/m1/s1. The fourth-order valence-electron chi connectivity index (χ4n) is 4.27. The highest BCUT2D eigenvalue weighted by Crippen LogP contribution is 2.42. The third kappa shape index (κ3) is 3.69. The molecule has 2 aromatic rings. The molecule has 1 saturated carbocycles. The maximum absolute atomic E-state index is 15.2. The third-order valence-electron chi connectivity index (χ3n) is 5.46. The SMILES string of the molecule is CC#CC(=O)NC1CCC[C@@H](c2c(F)c(F)c(C(N)O)c3[nH]c(C)c(C#N)c23)C1. The number of aromatic nitrogens is 1. The fourth-order valence-corrected chi connectivity index (χ4v) is 4.27. The van der Waals surface area contributed by atoms with Crippen molar-refractivity contribution in [2.75, 3.05) is 0 Å². The Balaban J connectivity index is 2.15. The van der Waals surface area contributed by atoms with E-state index < -0.39 is 35.3 Å². The van der Waals surface area contributed by atoms with Gasteiger partial charge in [-0.3, -0.25) is 4.79 Å². The average molecular weight is 400 g/mol. The van der Waals surface area contributed by atoms with E-state index in [-0.39, 0.29) is 28.1 Å². The Morgan fingerprint density at radius 3 is 2.72 bits per heavy atom. The number of aromatic amines is 1. The van der Waals surface area contributed by atoms with Gasteiger partial charge >= 0.3 is 0 Å². The number of nitrogens with one attached hydrogen (secondary N) is 2. The molecule has 1 aromatic carbocycles. The molecular formula is C21H22F2N4O2. The first-order valence-corrected chi connectivity index (χ1v) is 9.40. The highest BCUT2D eigenvalue weighted by Gasteiger charge is 2.33. The molecule has 0 spiro atoms. The molecule has 1 aliphatic rings. The minimum Gasteiger partial charge on any atom is -0.374 e. The predicted octanol–water partition coefficient (Wildman–Crippen LogP) is 2.74. The summed E-state index contributed by atoms with van der Waals surface area (Å²) in [7, 11) is 0. The van der Waals surface area contributed by atoms with Crippen LogP contribution in [0.5, 0.6) is 0 Å². The smallest absolute Gasteiger partial charge is 0.296 e. The van der Waals surface area contributed by atoms with Gasteiger partial charge in [-0.1, -0.05) is 12.3 Å². The summed E-state index contributed by atoms with van der Waals surface area (Å²) in [6.45, 7) is 3.18. The summed E-state index contributed by atoms with van der Waals surface area (Å²) < 4.78 is 30.0. The first-order valence-electron chi connectivity index (χ1n) is 9.40. The van der Waals surface area contributed by atoms with Crippen LogP contribution in [0.2, 0.25) is 0 Å². The lowest BCUT2D eigenvalue weighted by Crippen LogP contribution is -2.37. The Hall–Kier alpha value is -2.94. The Labute approximate surface area is 167 Å². The second-order valence-electron chi connectivity index (χ2n) is 7.30. The number of aliphatic hydroxyl groups is 1. The van der Waals surface area contributed by atoms with Crippen molar-refractivity contribution < 1.29 is 18.7 Å². The highest BCUT2D eigenvalue weighted by atomic mass is 19.2. The number of carbonyl (C=O) groups is 1. The Morgan fingerprint density at radius 2 is 2.10 bits per heavy atom. The normalized spacial score (nSPS) is 19.9. The molecule has 29 heavy (non-hydrogen) atoms. The summed E-state index contributed by atoms with van der Waals surface area (Å²) in [6, 6.07) is 1.81. The van der Waals surface area contributed by atoms with Crippen molar-refractivity contribution in [3.63, 3.8) is 0 Å². The van der Waals surface area contributed by atoms with Gasteiger partial charge in [0.05, 0.1) is 16.6 Å². The second-order valence-corrected chi connectivity index (χ2v) is 7.30. The van der Waals surface area contributed by atoms with Gasteiger partial charge in [0.1, 0.15) is 12.3 Å². The number of aliphatic hydroxyl groups excluding tert-OH is 1. The van der Waals surface area contributed by atoms with Gasteiger partial charge in [0.15, 0.2) is 11.6 Å². The molecule has 0 saturated heterocycles. The van der Waals surface area contributed by atoms with Crippen LogP contribution >= 0.6 is 0 Å². The van der Waals surface area contributed by atoms with Gasteiger partial charge in [0.2, 0.25) is 0 Å². The van der Waals surface area contributed by atoms with Crippen molar-refractivity contribution in [1.29, 1.82) is 5.26 Å². The summed E-state index contributed by atoms with van der Waals surface area (Å²) in [4.78, 5) is 14.7. The minimum atomic E-state index is -1.74. The molecule has 2 unspecified atom stereocenters. The van der Waals surface area contributed by atoms with Crippen molar-refractivity contribution in [3.05, 3.63) is 34.0 Å². The fraction of sp³-hybridized carbons (Fsp3) is 0.429. The van der Waals surface area contributed by atoms with Gasteiger partial charge in [-0.2, -0.15) is 5.26 Å². The van der Waals surface area contributed by atoms with Crippen LogP contribution in [-0.4, -0.2) is 22.0 Å². The van der Waals surface area contributed by atoms with Gasteiger partial charge < -0.3 is 21.1 Å². The first-order chi connectivity index (χ1) is 13.8. The van der Waals surface area contributed by atoms with Gasteiger partial charge in [-0.05, 0) is 44.9 Å². The lowest BCUT2D eigenvalue weighted by atomic mass is 9.79. The van der Waals surface area contributed by atoms with Crippen LogP contribution in [0, 0.1) is 41.7 Å². The van der Waals surface area contributed by atoms with Crippen LogP contribution in [0.4, 0.5) is 8.78 Å². The number of nitrogens with two attached hydrogens (primary N) is 1. The van der Waals surface area contributed by atoms with Crippen LogP contribution in [0.25, 0.3) is 10.9 Å². The van der Waals surface area contributed by atoms with Crippen LogP contribution in [0.3, 0.4) is 0 Å². The summed E-state index contributed by atoms with van der Waals surface area (Å²) in [5, 5.41) is 22.4. The molecule has 1 amide bonds. The number of rotatable bonds is 3. The second kappa shape index (κ2) is 8.20. The number of nitriles is 1. The number of fused-ring (bicyclic) bond motifs is 1. The zero-order chi connectivity index (χ0) is 21.3. The molecule has 0 bridgehead atoms. The van der Waals surface area contributed by atoms with E-state index in [1.807, 2.05) is 6.07 Å². The maximum Gasteiger partial charge on any atom is 0.296 e. The van der Waals surface area contributed by atoms with E-state index in [2.05, 4.69) is 22.1 Å². The van der Waals surface area contributed by atoms with Gasteiger partial charge in [-0.15, -0.1) is 0 Å². The van der Waals surface area contributed by atoms with Crippen molar-refractivity contribution in [1.82, 2.24) is 10.3 Å². The van der Waals surface area contributed by atoms with E-state index in [0.717, 1.165) is 0 Å². The number of nitrogens with zero attached hydrogens (tertiary/aromatic N) is 1. The molecule has 1 heterocycles. The van der Waals surface area contributed by atoms with Crippen LogP contribution in [0.1, 0.15) is 67.1 Å². The number of benzene rings is 1. The predicted molar refractivity (Wildman–Crippen MR) is 103 cm³/mol. The molecule has 6 nitrogen and oxygen atoms in total. The van der Waals surface area contributed by atoms with Crippen LogP contribution in [0.15, 0.2) is 0 Å². The molecule has 3 rings (SSSR count). The summed E-state index contributed by atoms with van der Waals surface area (Å²) in [6.07, 6.45) is 0.637. The van der Waals surface area contributed by atoms with Crippen molar-refractivity contribution >= 4 is 16.8 Å². The largest absolute Gasteiger partial charge is 0.374 e. The van der Waals surface area contributed by atoms with Gasteiger partial charge in [0, 0.05) is 22.7 Å². The summed E-state index contributed by atoms with van der Waals surface area (Å²) >= 11 is 0. The number of amides is 1. The van der Waals surface area contributed by atoms with Crippen molar-refractivity contribution in [2.24, 2.45) is 5.73 Å². The highest BCUT2D eigenvalue weighted by molar-refractivity contribution is 5.94. The molecule has 5 N–H and O–H groups in total. The van der Waals surface area contributed by atoms with E-state index in [1.165, 1.54) is 0 Å². The first kappa shape index (κ1) is 20.8. The van der Waals surface area contributed by atoms with E-state index in [9.17, 15) is 19.6 Å². The van der Waals surface area contributed by atoms with Crippen LogP contribution < -0.4 is 11.1 Å². The number of aryl methyl sites for hydroxylation is 1. The molecule has 0 radical (unpaired) electrons. The molecule has 152 valence electrons. The number of halogens is 2. The lowest BCUT2D eigenvalue weighted by Gasteiger charge is -2.30. The topological polar surface area (TPSA) is 115 Å². The molecular weight excluding hydrogens is 378 g/mol. The molecule has 8 heteroatoms. The minimum absolute atomic E-state index is 0.0864. The molecule has 3 atom stereocenters. The average Bonchev–Trinajstić information content (AvgIpc) is 2.97. The Bertz CT molecular complexity index is 1070. The zero-order valence-corrected chi connectivity index (χ0v) is 16.2. The van der Waals surface area contributed by atoms with Gasteiger partial charge in [-0.25, -0.2) is 8.78 Å². The number of hydrogen-bond donors (Lipinski definition) is 4. The van der Waals surface area contributed by atoms with Crippen molar-refractivity contribution in [2.45, 2.75) is 57.7 Å². The summed E-state index contributed by atoms with van der Waals surface area (Å²) in [5.74, 6) is 1.78. The summed E-state index contributed by atoms with van der Waals surface area (Å²) in [5.41, 5.74) is 5.92. The van der Waals surface area contributed by atoms with Crippen molar-refractivity contribution in [3.8, 4) is 17.9 Å². The van der Waals surface area contributed by atoms with Crippen LogP contribution in [-0.2, 0) is 4.79 Å². The number of carbonyl (C=O) groups excluding carboxylic acids is 1. The Kier molecular flexibility index (Phi) is 5.88. The molecule has 1 aliphatic carbocycles. The van der Waals surface area contributed by atoms with E-state index >= 15 is 4.39 Å². The van der Waals surface area contributed by atoms with E-state index in [4.69, 9.17) is 5.73 Å². The Morgan fingerprint density at radius 1 is 1.38 bits per heavy atom. The number of H-pyrrole nitrogens is 1. The molecule has 1 aromatic heterocycles. The third-order valence-corrected chi connectivity index (χ3v) is 5.46. The van der Waals surface area contributed by atoms with E-state index in [1.54, 1.807) is 13.8 Å². The maximum atomic E-state index is 15.2. The number of hydrogen-bond acceptors (Lipinski definition) is 4. The monoisotopic (exact) mass is 400 g/mol. The molecule has 0 aliphatic heterocycles. The lowest BCUT2D eigenvalue weighted by molar-refractivity contribution is -0.116. The van der Waals surface area contributed by atoms with E-state index in [0.29, 0.717) is 31.4 Å². The van der Waals surface area contributed by atoms with Gasteiger partial charge in [0.25, 0.3) is 5.91 Å². The zero-order valence-electron chi connectivity index (χ0n) is 16.2. The quantitative estimate of drug-likeness (QED) is 0.468. The molecule has 1 fully saturated rings.